The Morgan fingerprint density at radius 3 is 2.11 bits per heavy atom. The lowest BCUT2D eigenvalue weighted by atomic mass is 9.63. The van der Waals surface area contributed by atoms with Gasteiger partial charge in [-0.15, -0.1) is 0 Å². The lowest BCUT2D eigenvalue weighted by Gasteiger charge is -2.37. The number of hydrogen-bond acceptors (Lipinski definition) is 5. The van der Waals surface area contributed by atoms with Gasteiger partial charge >= 0.3 is 5.97 Å². The van der Waals surface area contributed by atoms with Crippen LogP contribution >= 0.6 is 11.6 Å². The van der Waals surface area contributed by atoms with Gasteiger partial charge in [0.15, 0.2) is 12.4 Å². The predicted octanol–water partition coefficient (Wildman–Crippen LogP) is 3.73. The van der Waals surface area contributed by atoms with Gasteiger partial charge in [-0.25, -0.2) is 4.79 Å². The van der Waals surface area contributed by atoms with Crippen LogP contribution in [0, 0.1) is 35.5 Å². The van der Waals surface area contributed by atoms with Crippen LogP contribution in [0.25, 0.3) is 0 Å². The van der Waals surface area contributed by atoms with Gasteiger partial charge in [-0.05, 0) is 59.9 Å². The topological polar surface area (TPSA) is 80.8 Å². The van der Waals surface area contributed by atoms with Gasteiger partial charge in [0.25, 0.3) is 0 Å². The van der Waals surface area contributed by atoms with E-state index in [0.29, 0.717) is 22.4 Å². The molecule has 6 nitrogen and oxygen atoms in total. The van der Waals surface area contributed by atoms with Crippen molar-refractivity contribution >= 4 is 35.2 Å². The molecule has 2 saturated carbocycles. The number of ketones is 1. The number of halogens is 1. The number of ether oxygens (including phenoxy) is 1. The highest BCUT2D eigenvalue weighted by molar-refractivity contribution is 6.30. The number of carbonyl (C=O) groups is 4. The van der Waals surface area contributed by atoms with Gasteiger partial charge in [0.2, 0.25) is 11.8 Å². The van der Waals surface area contributed by atoms with Crippen LogP contribution < -0.4 is 0 Å². The van der Waals surface area contributed by atoms with E-state index in [1.165, 1.54) is 0 Å². The number of esters is 1. The number of carbonyl (C=O) groups excluding carboxylic acids is 4. The highest BCUT2D eigenvalue weighted by atomic mass is 35.5. The van der Waals surface area contributed by atoms with Crippen molar-refractivity contribution in [3.8, 4) is 0 Å². The van der Waals surface area contributed by atoms with Gasteiger partial charge < -0.3 is 4.74 Å². The fourth-order valence-corrected chi connectivity index (χ4v) is 6.48. The average Bonchev–Trinajstić information content (AvgIpc) is 3.65. The number of hydrogen-bond donors (Lipinski definition) is 0. The lowest BCUT2D eigenvalue weighted by molar-refractivity contribution is -0.158. The Morgan fingerprint density at radius 2 is 1.51 bits per heavy atom. The van der Waals surface area contributed by atoms with Crippen LogP contribution in [-0.4, -0.2) is 41.1 Å². The molecule has 35 heavy (non-hydrogen) atoms. The molecule has 7 rings (SSSR count). The maximum Gasteiger partial charge on any atom is 0.330 e. The van der Waals surface area contributed by atoms with Crippen molar-refractivity contribution in [2.24, 2.45) is 35.5 Å². The Hall–Kier alpha value is -3.25. The third-order valence-corrected chi connectivity index (χ3v) is 8.32. The molecule has 2 aromatic carbocycles. The Morgan fingerprint density at radius 1 is 0.914 bits per heavy atom. The van der Waals surface area contributed by atoms with Gasteiger partial charge in [0, 0.05) is 17.0 Å². The normalized spacial score (nSPS) is 30.6. The Bertz CT molecular complexity index is 1200. The first-order chi connectivity index (χ1) is 16.9. The number of nitrogens with zero attached hydrogens (tertiary/aromatic N) is 1. The predicted molar refractivity (Wildman–Crippen MR) is 127 cm³/mol. The second-order valence-corrected chi connectivity index (χ2v) is 10.4. The summed E-state index contributed by atoms with van der Waals surface area (Å²) in [7, 11) is 0. The largest absolute Gasteiger partial charge is 0.456 e. The van der Waals surface area contributed by atoms with E-state index in [9.17, 15) is 19.2 Å². The Balaban J connectivity index is 1.25. The molecule has 0 radical (unpaired) electrons. The molecule has 3 fully saturated rings. The first-order valence-electron chi connectivity index (χ1n) is 12.0. The number of likely N-dealkylation sites (tertiary alicyclic amines) is 1. The molecule has 1 saturated heterocycles. The average molecular weight is 490 g/mol. The van der Waals surface area contributed by atoms with Crippen LogP contribution in [0.1, 0.15) is 22.3 Å². The van der Waals surface area contributed by atoms with Gasteiger partial charge in [0.1, 0.15) is 6.04 Å². The van der Waals surface area contributed by atoms with E-state index in [0.717, 1.165) is 16.9 Å². The summed E-state index contributed by atoms with van der Waals surface area (Å²) >= 11 is 5.88. The summed E-state index contributed by atoms with van der Waals surface area (Å²) in [6, 6.07) is 14.4. The summed E-state index contributed by atoms with van der Waals surface area (Å²) in [6.45, 7) is -0.480. The first-order valence-corrected chi connectivity index (χ1v) is 12.4. The van der Waals surface area contributed by atoms with E-state index in [1.54, 1.807) is 24.3 Å². The third kappa shape index (κ3) is 3.71. The molecule has 1 heterocycles. The smallest absolute Gasteiger partial charge is 0.330 e. The monoisotopic (exact) mass is 489 g/mol. The number of amides is 2. The number of imide groups is 1. The molecule has 1 aliphatic heterocycles. The first kappa shape index (κ1) is 22.2. The van der Waals surface area contributed by atoms with Crippen molar-refractivity contribution in [1.82, 2.24) is 4.90 Å². The van der Waals surface area contributed by atoms with Crippen molar-refractivity contribution in [2.45, 2.75) is 18.9 Å². The molecule has 0 aromatic heterocycles. The van der Waals surface area contributed by atoms with Crippen molar-refractivity contribution < 1.29 is 23.9 Å². The van der Waals surface area contributed by atoms with Gasteiger partial charge in [0.05, 0.1) is 11.8 Å². The quantitative estimate of drug-likeness (QED) is 0.256. The summed E-state index contributed by atoms with van der Waals surface area (Å²) in [5.74, 6) is -1.43. The van der Waals surface area contributed by atoms with Crippen LogP contribution in [-0.2, 0) is 25.5 Å². The highest BCUT2D eigenvalue weighted by Gasteiger charge is 2.68. The van der Waals surface area contributed by atoms with Crippen molar-refractivity contribution in [3.05, 3.63) is 82.9 Å². The summed E-state index contributed by atoms with van der Waals surface area (Å²) in [6.07, 6.45) is 5.41. The molecule has 0 N–H and O–H groups in total. The van der Waals surface area contributed by atoms with Gasteiger partial charge in [-0.3, -0.25) is 19.3 Å². The fraction of sp³-hybridized carbons (Fsp3) is 0.357. The minimum absolute atomic E-state index is 0.0660. The van der Waals surface area contributed by atoms with E-state index < -0.39 is 30.5 Å². The maximum absolute atomic E-state index is 13.6. The zero-order chi connectivity index (χ0) is 24.3. The molecule has 7 atom stereocenters. The van der Waals surface area contributed by atoms with E-state index in [-0.39, 0.29) is 35.9 Å². The Kier molecular flexibility index (Phi) is 5.37. The van der Waals surface area contributed by atoms with Crippen LogP contribution in [0.3, 0.4) is 0 Å². The van der Waals surface area contributed by atoms with E-state index >= 15 is 0 Å². The van der Waals surface area contributed by atoms with Gasteiger partial charge in [-0.2, -0.15) is 0 Å². The number of benzene rings is 2. The van der Waals surface area contributed by atoms with E-state index in [4.69, 9.17) is 16.3 Å². The summed E-state index contributed by atoms with van der Waals surface area (Å²) in [4.78, 5) is 54.3. The minimum atomic E-state index is -1.11. The molecule has 2 aromatic rings. The standard InChI is InChI=1S/C28H24ClNO5/c29-17-8-6-16(7-9-17)23(31)14-35-28(34)22(12-15-4-2-1-3-5-15)30-26(32)24-18-10-11-19(21-13-20(18)21)25(24)27(30)33/h1-11,18-22,24-25H,12-14H2. The number of Topliss-reactive ketones (excluding diaryl/α,β-unsaturated/α-hetero) is 1. The molecule has 7 unspecified atom stereocenters. The maximum atomic E-state index is 13.6. The molecule has 0 spiro atoms. The molecular formula is C28H24ClNO5. The fourth-order valence-electron chi connectivity index (χ4n) is 6.36. The third-order valence-electron chi connectivity index (χ3n) is 8.06. The molecule has 7 heteroatoms. The van der Waals surface area contributed by atoms with E-state index in [2.05, 4.69) is 12.2 Å². The summed E-state index contributed by atoms with van der Waals surface area (Å²) in [5, 5.41) is 0.495. The highest BCUT2D eigenvalue weighted by Crippen LogP contribution is 2.65. The summed E-state index contributed by atoms with van der Waals surface area (Å²) in [5.41, 5.74) is 1.17. The molecular weight excluding hydrogens is 466 g/mol. The molecule has 2 bridgehead atoms. The van der Waals surface area contributed by atoms with Crippen molar-refractivity contribution in [3.63, 3.8) is 0 Å². The zero-order valence-corrected chi connectivity index (χ0v) is 19.6. The molecule has 4 aliphatic carbocycles. The van der Waals surface area contributed by atoms with Crippen molar-refractivity contribution in [2.75, 3.05) is 6.61 Å². The summed E-state index contributed by atoms with van der Waals surface area (Å²) < 4.78 is 5.40. The van der Waals surface area contributed by atoms with Gasteiger partial charge in [-0.1, -0.05) is 54.1 Å². The lowest BCUT2D eigenvalue weighted by Crippen LogP contribution is -2.48. The van der Waals surface area contributed by atoms with Crippen LogP contribution in [0.4, 0.5) is 0 Å². The SMILES string of the molecule is O=C(COC(=O)C(Cc1ccccc1)N1C(=O)C2C3C=CC(C4CC34)C2C1=O)c1ccc(Cl)cc1. The van der Waals surface area contributed by atoms with Crippen molar-refractivity contribution in [1.29, 1.82) is 0 Å². The number of rotatable bonds is 7. The van der Waals surface area contributed by atoms with E-state index in [1.807, 2.05) is 30.3 Å². The second kappa shape index (κ2) is 8.45. The molecule has 5 aliphatic rings. The van der Waals surface area contributed by atoms with Crippen LogP contribution in [0.5, 0.6) is 0 Å². The minimum Gasteiger partial charge on any atom is -0.456 e. The second-order valence-electron chi connectivity index (χ2n) is 9.94. The Labute approximate surface area is 207 Å². The van der Waals surface area contributed by atoms with Crippen LogP contribution in [0.15, 0.2) is 66.7 Å². The molecule has 2 amide bonds. The molecule has 178 valence electrons. The number of allylic oxidation sites excluding steroid dienone is 2. The van der Waals surface area contributed by atoms with Crippen LogP contribution in [0.2, 0.25) is 5.02 Å². The zero-order valence-electron chi connectivity index (χ0n) is 18.9.